The highest BCUT2D eigenvalue weighted by Crippen LogP contribution is 2.18. The Morgan fingerprint density at radius 2 is 1.96 bits per heavy atom. The second-order valence-electron chi connectivity index (χ2n) is 6.27. The molecule has 3 rings (SSSR count). The quantitative estimate of drug-likeness (QED) is 0.457. The Bertz CT molecular complexity index is 843. The topological polar surface area (TPSA) is 98.5 Å². The van der Waals surface area contributed by atoms with Crippen LogP contribution < -0.4 is 4.74 Å². The third-order valence-electron chi connectivity index (χ3n) is 4.31. The summed E-state index contributed by atoms with van der Waals surface area (Å²) >= 11 is 0. The number of likely N-dealkylation sites (tertiary alicyclic amines) is 1. The fourth-order valence-corrected chi connectivity index (χ4v) is 2.85. The van der Waals surface area contributed by atoms with Crippen LogP contribution in [0.25, 0.3) is 6.08 Å². The van der Waals surface area contributed by atoms with Crippen molar-refractivity contribution in [1.29, 1.82) is 0 Å². The first-order valence-electron chi connectivity index (χ1n) is 8.69. The molecule has 0 N–H and O–H groups in total. The predicted molar refractivity (Wildman–Crippen MR) is 99.1 cm³/mol. The van der Waals surface area contributed by atoms with Gasteiger partial charge in [0.05, 0.1) is 4.92 Å². The Balaban J connectivity index is 1.50. The molecule has 2 heterocycles. The van der Waals surface area contributed by atoms with Gasteiger partial charge < -0.3 is 9.64 Å². The molecule has 1 aromatic heterocycles. The summed E-state index contributed by atoms with van der Waals surface area (Å²) in [7, 11) is 0. The minimum atomic E-state index is -0.451. The van der Waals surface area contributed by atoms with E-state index in [1.54, 1.807) is 35.4 Å². The number of aryl methyl sites for hydroxylation is 1. The third kappa shape index (κ3) is 5.10. The number of non-ortho nitro benzene ring substituents is 1. The zero-order chi connectivity index (χ0) is 19.2. The normalized spacial score (nSPS) is 15.1. The fourth-order valence-electron chi connectivity index (χ4n) is 2.85. The molecule has 1 aliphatic rings. The fraction of sp³-hybridized carbons (Fsp3) is 0.316. The summed E-state index contributed by atoms with van der Waals surface area (Å²) in [6.07, 6.45) is 6.33. The Labute approximate surface area is 156 Å². The van der Waals surface area contributed by atoms with Crippen molar-refractivity contribution in [3.05, 3.63) is 64.1 Å². The predicted octanol–water partition coefficient (Wildman–Crippen LogP) is 2.78. The van der Waals surface area contributed by atoms with Crippen LogP contribution in [-0.4, -0.2) is 44.9 Å². The summed E-state index contributed by atoms with van der Waals surface area (Å²) in [5, 5.41) is 10.7. The Kier molecular flexibility index (Phi) is 5.75. The van der Waals surface area contributed by atoms with E-state index < -0.39 is 4.92 Å². The van der Waals surface area contributed by atoms with Crippen molar-refractivity contribution in [2.24, 2.45) is 0 Å². The maximum Gasteiger partial charge on any atom is 0.269 e. The van der Waals surface area contributed by atoms with Crippen LogP contribution in [0.2, 0.25) is 0 Å². The lowest BCUT2D eigenvalue weighted by atomic mass is 10.1. The molecule has 1 saturated heterocycles. The monoisotopic (exact) mass is 368 g/mol. The van der Waals surface area contributed by atoms with Gasteiger partial charge in [0.1, 0.15) is 11.9 Å². The van der Waals surface area contributed by atoms with Crippen LogP contribution in [0.5, 0.6) is 5.88 Å². The molecule has 0 unspecified atom stereocenters. The molecule has 1 aliphatic heterocycles. The zero-order valence-corrected chi connectivity index (χ0v) is 14.9. The van der Waals surface area contributed by atoms with Gasteiger partial charge in [0, 0.05) is 56.4 Å². The van der Waals surface area contributed by atoms with Gasteiger partial charge in [0.15, 0.2) is 0 Å². The van der Waals surface area contributed by atoms with E-state index in [0.717, 1.165) is 18.4 Å². The molecule has 1 fully saturated rings. The number of aromatic nitrogens is 2. The molecule has 140 valence electrons. The zero-order valence-electron chi connectivity index (χ0n) is 14.9. The van der Waals surface area contributed by atoms with Gasteiger partial charge in [-0.05, 0) is 30.7 Å². The van der Waals surface area contributed by atoms with E-state index in [0.29, 0.717) is 24.8 Å². The van der Waals surface area contributed by atoms with Crippen molar-refractivity contribution in [2.75, 3.05) is 13.1 Å². The Morgan fingerprint density at radius 3 is 2.59 bits per heavy atom. The first kappa shape index (κ1) is 18.5. The number of nitro groups is 1. The second-order valence-corrected chi connectivity index (χ2v) is 6.27. The highest BCUT2D eigenvalue weighted by atomic mass is 16.6. The van der Waals surface area contributed by atoms with Crippen LogP contribution in [0.3, 0.4) is 0 Å². The number of benzene rings is 1. The molecule has 1 amide bonds. The van der Waals surface area contributed by atoms with E-state index in [2.05, 4.69) is 9.97 Å². The number of nitrogens with zero attached hydrogens (tertiary/aromatic N) is 4. The van der Waals surface area contributed by atoms with Crippen LogP contribution in [0, 0.1) is 17.0 Å². The molecular weight excluding hydrogens is 348 g/mol. The van der Waals surface area contributed by atoms with Gasteiger partial charge in [-0.2, -0.15) is 4.98 Å². The smallest absolute Gasteiger partial charge is 0.269 e. The molecule has 0 bridgehead atoms. The van der Waals surface area contributed by atoms with Gasteiger partial charge in [-0.1, -0.05) is 0 Å². The van der Waals surface area contributed by atoms with Gasteiger partial charge in [-0.15, -0.1) is 0 Å². The van der Waals surface area contributed by atoms with Gasteiger partial charge in [-0.25, -0.2) is 4.98 Å². The van der Waals surface area contributed by atoms with Crippen LogP contribution in [0.4, 0.5) is 5.69 Å². The lowest BCUT2D eigenvalue weighted by Crippen LogP contribution is -2.41. The molecule has 0 radical (unpaired) electrons. The standard InChI is InChI=1S/C19H20N4O4/c1-14-20-11-8-18(21-14)27-17-9-12-22(13-10-17)19(24)7-4-15-2-5-16(6-3-15)23(25)26/h2-8,11,17H,9-10,12-13H2,1H3/b7-4+. The number of amides is 1. The van der Waals surface area contributed by atoms with Gasteiger partial charge >= 0.3 is 0 Å². The van der Waals surface area contributed by atoms with Crippen LogP contribution in [0.15, 0.2) is 42.6 Å². The van der Waals surface area contributed by atoms with Crippen molar-refractivity contribution in [3.8, 4) is 5.88 Å². The van der Waals surface area contributed by atoms with Crippen LogP contribution >= 0.6 is 0 Å². The van der Waals surface area contributed by atoms with Crippen molar-refractivity contribution in [1.82, 2.24) is 14.9 Å². The summed E-state index contributed by atoms with van der Waals surface area (Å²) < 4.78 is 5.86. The largest absolute Gasteiger partial charge is 0.474 e. The maximum atomic E-state index is 12.3. The Hall–Kier alpha value is -3.29. The van der Waals surface area contributed by atoms with E-state index in [-0.39, 0.29) is 17.7 Å². The molecule has 8 nitrogen and oxygen atoms in total. The summed E-state index contributed by atoms with van der Waals surface area (Å²) in [6, 6.07) is 7.80. The van der Waals surface area contributed by atoms with Crippen molar-refractivity contribution < 1.29 is 14.5 Å². The molecule has 8 heteroatoms. The third-order valence-corrected chi connectivity index (χ3v) is 4.31. The Morgan fingerprint density at radius 1 is 1.26 bits per heavy atom. The number of piperidine rings is 1. The van der Waals surface area contributed by atoms with E-state index in [1.165, 1.54) is 18.2 Å². The SMILES string of the molecule is Cc1nccc(OC2CCN(C(=O)/C=C/c3ccc([N+](=O)[O-])cc3)CC2)n1. The van der Waals surface area contributed by atoms with Crippen molar-refractivity contribution in [3.63, 3.8) is 0 Å². The maximum absolute atomic E-state index is 12.3. The molecule has 27 heavy (non-hydrogen) atoms. The number of carbonyl (C=O) groups is 1. The molecule has 0 aliphatic carbocycles. The van der Waals surface area contributed by atoms with E-state index in [1.807, 2.05) is 6.92 Å². The lowest BCUT2D eigenvalue weighted by molar-refractivity contribution is -0.384. The van der Waals surface area contributed by atoms with Crippen LogP contribution in [0.1, 0.15) is 24.2 Å². The number of ether oxygens (including phenoxy) is 1. The van der Waals surface area contributed by atoms with E-state index in [4.69, 9.17) is 4.74 Å². The van der Waals surface area contributed by atoms with Gasteiger partial charge in [0.25, 0.3) is 5.69 Å². The van der Waals surface area contributed by atoms with Gasteiger partial charge in [-0.3, -0.25) is 14.9 Å². The summed E-state index contributed by atoms with van der Waals surface area (Å²) in [4.78, 5) is 32.6. The average molecular weight is 368 g/mol. The number of carbonyl (C=O) groups excluding carboxylic acids is 1. The first-order chi connectivity index (χ1) is 13.0. The molecule has 0 atom stereocenters. The van der Waals surface area contributed by atoms with Crippen LogP contribution in [-0.2, 0) is 4.79 Å². The van der Waals surface area contributed by atoms with Crippen molar-refractivity contribution in [2.45, 2.75) is 25.9 Å². The van der Waals surface area contributed by atoms with E-state index in [9.17, 15) is 14.9 Å². The molecule has 1 aromatic carbocycles. The highest BCUT2D eigenvalue weighted by molar-refractivity contribution is 5.91. The number of hydrogen-bond donors (Lipinski definition) is 0. The lowest BCUT2D eigenvalue weighted by Gasteiger charge is -2.31. The number of nitro benzene ring substituents is 1. The average Bonchev–Trinajstić information content (AvgIpc) is 2.67. The molecular formula is C19H20N4O4. The first-order valence-corrected chi connectivity index (χ1v) is 8.69. The minimum absolute atomic E-state index is 0.0272. The summed E-state index contributed by atoms with van der Waals surface area (Å²) in [6.45, 7) is 3.03. The van der Waals surface area contributed by atoms with E-state index >= 15 is 0 Å². The molecule has 0 spiro atoms. The highest BCUT2D eigenvalue weighted by Gasteiger charge is 2.23. The van der Waals surface area contributed by atoms with Crippen molar-refractivity contribution >= 4 is 17.7 Å². The minimum Gasteiger partial charge on any atom is -0.474 e. The second kappa shape index (κ2) is 8.39. The van der Waals surface area contributed by atoms with Gasteiger partial charge in [0.2, 0.25) is 11.8 Å². The number of hydrogen-bond acceptors (Lipinski definition) is 6. The summed E-state index contributed by atoms with van der Waals surface area (Å²) in [5.41, 5.74) is 0.769. The number of rotatable bonds is 5. The molecule has 0 saturated carbocycles. The summed E-state index contributed by atoms with van der Waals surface area (Å²) in [5.74, 6) is 1.14. The molecule has 2 aromatic rings.